The molecule has 140 valence electrons. The molecule has 0 unspecified atom stereocenters. The number of ether oxygens (including phenoxy) is 1. The molecular weight excluding hydrogens is 330 g/mol. The van der Waals surface area contributed by atoms with Crippen molar-refractivity contribution in [2.45, 2.75) is 49.2 Å². The third kappa shape index (κ3) is 3.55. The van der Waals surface area contributed by atoms with Gasteiger partial charge in [-0.05, 0) is 19.9 Å². The van der Waals surface area contributed by atoms with Gasteiger partial charge in [-0.3, -0.25) is 4.79 Å². The molecule has 2 heterocycles. The monoisotopic (exact) mass is 356 g/mol. The molecule has 0 spiro atoms. The second kappa shape index (κ2) is 6.64. The largest absolute Gasteiger partial charge is 0.368 e. The molecule has 1 saturated carbocycles. The average molecular weight is 356 g/mol. The number of halogens is 2. The first-order valence-corrected chi connectivity index (χ1v) is 8.65. The first kappa shape index (κ1) is 18.3. The Bertz CT molecular complexity index is 624. The number of hydrogen-bond donors (Lipinski definition) is 1. The van der Waals surface area contributed by atoms with E-state index in [2.05, 4.69) is 15.2 Å². The van der Waals surface area contributed by atoms with E-state index in [9.17, 15) is 13.6 Å². The van der Waals surface area contributed by atoms with Gasteiger partial charge in [-0.2, -0.15) is 0 Å². The molecule has 1 aromatic rings. The molecule has 2 fully saturated rings. The Kier molecular flexibility index (Phi) is 4.85. The number of rotatable bonds is 4. The van der Waals surface area contributed by atoms with Crippen molar-refractivity contribution >= 4 is 5.91 Å². The predicted molar refractivity (Wildman–Crippen MR) is 88.5 cm³/mol. The minimum absolute atomic E-state index is 0.0429. The summed E-state index contributed by atoms with van der Waals surface area (Å²) in [7, 11) is 5.37. The fourth-order valence-corrected chi connectivity index (χ4v) is 4.01. The maximum Gasteiger partial charge on any atom is 0.252 e. The summed E-state index contributed by atoms with van der Waals surface area (Å²) in [6.45, 7) is 1.51. The minimum atomic E-state index is -2.70. The number of imidazole rings is 1. The summed E-state index contributed by atoms with van der Waals surface area (Å²) in [5, 5.41) is 3.07. The van der Waals surface area contributed by atoms with Crippen LogP contribution in [0.3, 0.4) is 0 Å². The van der Waals surface area contributed by atoms with Crippen molar-refractivity contribution in [3.05, 3.63) is 18.2 Å². The smallest absolute Gasteiger partial charge is 0.252 e. The zero-order chi connectivity index (χ0) is 18.2. The summed E-state index contributed by atoms with van der Waals surface area (Å²) in [6, 6.07) is -0.0950. The van der Waals surface area contributed by atoms with Crippen LogP contribution in [0.2, 0.25) is 0 Å². The van der Waals surface area contributed by atoms with Gasteiger partial charge in [0.05, 0.1) is 12.4 Å². The van der Waals surface area contributed by atoms with Crippen LogP contribution < -0.4 is 5.32 Å². The number of carbonyl (C=O) groups is 1. The standard InChI is InChI=1S/C17H26F2N4O2/c1-22-9-12(14-8-20-11-23(14)2)13(10-22)21-15(24)16(25-3)4-6-17(18,19)7-5-16/h8,11-13H,4-7,9-10H2,1-3H3,(H,21,24)/t12-,13-/m1/s1. The summed E-state index contributed by atoms with van der Waals surface area (Å²) in [5.41, 5.74) is -0.101. The molecule has 1 aliphatic heterocycles. The lowest BCUT2D eigenvalue weighted by Crippen LogP contribution is -2.55. The Labute approximate surface area is 146 Å². The number of nitrogens with zero attached hydrogens (tertiary/aromatic N) is 3. The number of nitrogens with one attached hydrogen (secondary N) is 1. The Balaban J connectivity index is 1.73. The second-order valence-corrected chi connectivity index (χ2v) is 7.39. The van der Waals surface area contributed by atoms with Crippen molar-refractivity contribution in [2.75, 3.05) is 27.2 Å². The summed E-state index contributed by atoms with van der Waals surface area (Å²) < 4.78 is 34.4. The van der Waals surface area contributed by atoms with Crippen molar-refractivity contribution in [2.24, 2.45) is 7.05 Å². The highest BCUT2D eigenvalue weighted by molar-refractivity contribution is 5.85. The number of carbonyl (C=O) groups excluding carboxylic acids is 1. The number of hydrogen-bond acceptors (Lipinski definition) is 4. The van der Waals surface area contributed by atoms with E-state index < -0.39 is 11.5 Å². The Morgan fingerprint density at radius 1 is 1.28 bits per heavy atom. The first-order valence-electron chi connectivity index (χ1n) is 8.65. The Hall–Kier alpha value is -1.54. The van der Waals surface area contributed by atoms with Crippen LogP contribution in [0.1, 0.15) is 37.3 Å². The highest BCUT2D eigenvalue weighted by Crippen LogP contribution is 2.40. The zero-order valence-corrected chi connectivity index (χ0v) is 15.0. The Morgan fingerprint density at radius 3 is 2.52 bits per heavy atom. The van der Waals surface area contributed by atoms with Crippen LogP contribution in [0.15, 0.2) is 12.5 Å². The topological polar surface area (TPSA) is 59.4 Å². The molecule has 1 saturated heterocycles. The second-order valence-electron chi connectivity index (χ2n) is 7.39. The maximum absolute atomic E-state index is 13.5. The van der Waals surface area contributed by atoms with E-state index in [-0.39, 0.29) is 43.6 Å². The third-order valence-electron chi connectivity index (χ3n) is 5.65. The molecule has 2 atom stereocenters. The fourth-order valence-electron chi connectivity index (χ4n) is 4.01. The number of likely N-dealkylation sites (tertiary alicyclic amines) is 1. The summed E-state index contributed by atoms with van der Waals surface area (Å²) in [5.74, 6) is -2.87. The molecule has 0 aromatic carbocycles. The molecule has 0 radical (unpaired) electrons. The van der Waals surface area contributed by atoms with Crippen molar-refractivity contribution in [1.29, 1.82) is 0 Å². The number of alkyl halides is 2. The van der Waals surface area contributed by atoms with Crippen LogP contribution in [0.5, 0.6) is 0 Å². The van der Waals surface area contributed by atoms with Gasteiger partial charge in [-0.15, -0.1) is 0 Å². The summed E-state index contributed by atoms with van der Waals surface area (Å²) in [6.07, 6.45) is 3.01. The van der Waals surface area contributed by atoms with E-state index in [1.54, 1.807) is 6.33 Å². The van der Waals surface area contributed by atoms with Crippen molar-refractivity contribution in [1.82, 2.24) is 19.8 Å². The van der Waals surface area contributed by atoms with Crippen LogP contribution >= 0.6 is 0 Å². The Morgan fingerprint density at radius 2 is 1.96 bits per heavy atom. The lowest BCUT2D eigenvalue weighted by atomic mass is 9.81. The number of methoxy groups -OCH3 is 1. The molecule has 3 rings (SSSR count). The van der Waals surface area contributed by atoms with Gasteiger partial charge >= 0.3 is 0 Å². The third-order valence-corrected chi connectivity index (χ3v) is 5.65. The van der Waals surface area contributed by atoms with Crippen LogP contribution in [0.4, 0.5) is 8.78 Å². The van der Waals surface area contributed by atoms with E-state index in [4.69, 9.17) is 4.74 Å². The summed E-state index contributed by atoms with van der Waals surface area (Å²) >= 11 is 0. The molecule has 1 N–H and O–H groups in total. The van der Waals surface area contributed by atoms with Gasteiger partial charge in [0.2, 0.25) is 5.92 Å². The molecule has 25 heavy (non-hydrogen) atoms. The number of likely N-dealkylation sites (N-methyl/N-ethyl adjacent to an activating group) is 1. The van der Waals surface area contributed by atoms with Crippen molar-refractivity contribution < 1.29 is 18.3 Å². The normalized spacial score (nSPS) is 28.8. The van der Waals surface area contributed by atoms with Crippen LogP contribution in [0.25, 0.3) is 0 Å². The van der Waals surface area contributed by atoms with Crippen molar-refractivity contribution in [3.63, 3.8) is 0 Å². The van der Waals surface area contributed by atoms with Gasteiger partial charge in [-0.25, -0.2) is 13.8 Å². The van der Waals surface area contributed by atoms with Gasteiger partial charge in [0.1, 0.15) is 5.60 Å². The number of amides is 1. The van der Waals surface area contributed by atoms with Gasteiger partial charge in [0.25, 0.3) is 5.91 Å². The lowest BCUT2D eigenvalue weighted by molar-refractivity contribution is -0.160. The number of aromatic nitrogens is 2. The van der Waals surface area contributed by atoms with Crippen LogP contribution in [0, 0.1) is 0 Å². The SMILES string of the molecule is COC1(C(=O)N[C@@H]2CN(C)C[C@H]2c2cncn2C)CCC(F)(F)CC1. The van der Waals surface area contributed by atoms with Crippen LogP contribution in [-0.2, 0) is 16.6 Å². The molecule has 0 bridgehead atoms. The molecular formula is C17H26F2N4O2. The van der Waals surface area contributed by atoms with Crippen LogP contribution in [-0.4, -0.2) is 65.2 Å². The number of aryl methyl sites for hydroxylation is 1. The van der Waals surface area contributed by atoms with Crippen molar-refractivity contribution in [3.8, 4) is 0 Å². The fraction of sp³-hybridized carbons (Fsp3) is 0.765. The molecule has 2 aliphatic rings. The molecule has 8 heteroatoms. The van der Waals surface area contributed by atoms with Gasteiger partial charge in [-0.1, -0.05) is 0 Å². The molecule has 1 aromatic heterocycles. The summed E-state index contributed by atoms with van der Waals surface area (Å²) in [4.78, 5) is 19.2. The van der Waals surface area contributed by atoms with E-state index in [1.165, 1.54) is 7.11 Å². The maximum atomic E-state index is 13.5. The van der Waals surface area contributed by atoms with E-state index in [0.717, 1.165) is 12.2 Å². The van der Waals surface area contributed by atoms with E-state index in [0.29, 0.717) is 6.54 Å². The zero-order valence-electron chi connectivity index (χ0n) is 15.0. The lowest BCUT2D eigenvalue weighted by Gasteiger charge is -2.38. The highest BCUT2D eigenvalue weighted by Gasteiger charge is 2.49. The van der Waals surface area contributed by atoms with E-state index >= 15 is 0 Å². The average Bonchev–Trinajstić information content (AvgIpc) is 3.13. The van der Waals surface area contributed by atoms with Gasteiger partial charge < -0.3 is 19.5 Å². The van der Waals surface area contributed by atoms with Gasteiger partial charge in [0, 0.05) is 57.9 Å². The predicted octanol–water partition coefficient (Wildman–Crippen LogP) is 1.53. The molecule has 6 nitrogen and oxygen atoms in total. The quantitative estimate of drug-likeness (QED) is 0.889. The molecule has 1 aliphatic carbocycles. The van der Waals surface area contributed by atoms with Gasteiger partial charge in [0.15, 0.2) is 0 Å². The first-order chi connectivity index (χ1) is 11.8. The van der Waals surface area contributed by atoms with E-state index in [1.807, 2.05) is 24.9 Å². The highest BCUT2D eigenvalue weighted by atomic mass is 19.3. The minimum Gasteiger partial charge on any atom is -0.368 e. The molecule has 1 amide bonds.